The molecule has 10 heteroatoms. The van der Waals surface area contributed by atoms with Gasteiger partial charge in [0.15, 0.2) is 5.69 Å². The number of fused-ring (bicyclic) bond motifs is 1. The summed E-state index contributed by atoms with van der Waals surface area (Å²) in [7, 11) is 0. The summed E-state index contributed by atoms with van der Waals surface area (Å²) in [4.78, 5) is 12.4. The van der Waals surface area contributed by atoms with Crippen LogP contribution in [0.1, 0.15) is 45.2 Å². The molecule has 0 saturated heterocycles. The zero-order valence-electron chi connectivity index (χ0n) is 13.0. The standard InChI is InChI=1S/C14H16F3N5OS/c1-8-11(24-21-19-8)13(23)18-6-7-22-10-5-3-2-4-9(10)12(20-22)14(15,16)17/h2-7H2,1H3,(H,18,23). The summed E-state index contributed by atoms with van der Waals surface area (Å²) in [6.07, 6.45) is -1.85. The molecule has 0 radical (unpaired) electrons. The van der Waals surface area contributed by atoms with Gasteiger partial charge in [0.1, 0.15) is 4.88 Å². The van der Waals surface area contributed by atoms with Gasteiger partial charge in [-0.25, -0.2) is 0 Å². The van der Waals surface area contributed by atoms with Crippen molar-refractivity contribution in [2.75, 3.05) is 6.54 Å². The van der Waals surface area contributed by atoms with Crippen LogP contribution in [0.4, 0.5) is 13.2 Å². The molecule has 0 bridgehead atoms. The van der Waals surface area contributed by atoms with Gasteiger partial charge in [0, 0.05) is 17.8 Å². The maximum Gasteiger partial charge on any atom is 0.435 e. The number of nitrogens with one attached hydrogen (secondary N) is 1. The molecule has 0 atom stereocenters. The minimum atomic E-state index is -4.44. The second kappa shape index (κ2) is 6.50. The second-order valence-corrected chi connectivity index (χ2v) is 6.40. The fourth-order valence-electron chi connectivity index (χ4n) is 2.88. The van der Waals surface area contributed by atoms with Crippen LogP contribution < -0.4 is 5.32 Å². The number of nitrogens with zero attached hydrogens (tertiary/aromatic N) is 4. The van der Waals surface area contributed by atoms with Crippen molar-refractivity contribution in [1.82, 2.24) is 24.7 Å². The summed E-state index contributed by atoms with van der Waals surface area (Å²) in [6, 6.07) is 0. The molecule has 2 aromatic heterocycles. The Kier molecular flexibility index (Phi) is 4.57. The highest BCUT2D eigenvalue weighted by molar-refractivity contribution is 7.07. The molecule has 1 aliphatic carbocycles. The Balaban J connectivity index is 1.70. The van der Waals surface area contributed by atoms with E-state index in [9.17, 15) is 18.0 Å². The number of halogens is 3. The Labute approximate surface area is 140 Å². The topological polar surface area (TPSA) is 72.7 Å². The molecule has 2 heterocycles. The molecule has 1 amide bonds. The molecule has 0 spiro atoms. The predicted octanol–water partition coefficient (Wildman–Crippen LogP) is 2.37. The molecule has 0 aromatic carbocycles. The van der Waals surface area contributed by atoms with E-state index in [2.05, 4.69) is 20.0 Å². The Morgan fingerprint density at radius 1 is 1.33 bits per heavy atom. The van der Waals surface area contributed by atoms with E-state index in [-0.39, 0.29) is 19.0 Å². The number of aryl methyl sites for hydroxylation is 1. The number of carbonyl (C=O) groups excluding carboxylic acids is 1. The number of hydrogen-bond acceptors (Lipinski definition) is 5. The highest BCUT2D eigenvalue weighted by Crippen LogP contribution is 2.35. The van der Waals surface area contributed by atoms with Crippen LogP contribution in [0.5, 0.6) is 0 Å². The van der Waals surface area contributed by atoms with Crippen molar-refractivity contribution in [2.24, 2.45) is 0 Å². The van der Waals surface area contributed by atoms with Gasteiger partial charge in [0.05, 0.1) is 12.2 Å². The number of amides is 1. The number of alkyl halides is 3. The van der Waals surface area contributed by atoms with Gasteiger partial charge in [-0.15, -0.1) is 5.10 Å². The Morgan fingerprint density at radius 3 is 2.75 bits per heavy atom. The molecule has 0 aliphatic heterocycles. The van der Waals surface area contributed by atoms with Crippen LogP contribution in [0.3, 0.4) is 0 Å². The molecule has 24 heavy (non-hydrogen) atoms. The molecular formula is C14H16F3N5OS. The van der Waals surface area contributed by atoms with Gasteiger partial charge in [-0.2, -0.15) is 18.3 Å². The van der Waals surface area contributed by atoms with Gasteiger partial charge in [-0.1, -0.05) is 4.49 Å². The summed E-state index contributed by atoms with van der Waals surface area (Å²) in [5.41, 5.74) is 0.695. The first-order valence-electron chi connectivity index (χ1n) is 7.61. The van der Waals surface area contributed by atoms with Gasteiger partial charge < -0.3 is 5.32 Å². The smallest absolute Gasteiger partial charge is 0.349 e. The summed E-state index contributed by atoms with van der Waals surface area (Å²) in [5.74, 6) is -0.320. The molecule has 0 unspecified atom stereocenters. The van der Waals surface area contributed by atoms with E-state index in [4.69, 9.17) is 0 Å². The average Bonchev–Trinajstić information content (AvgIpc) is 3.11. The third-order valence-electron chi connectivity index (χ3n) is 3.99. The third-order valence-corrected chi connectivity index (χ3v) is 4.82. The van der Waals surface area contributed by atoms with Gasteiger partial charge in [-0.05, 0) is 44.1 Å². The van der Waals surface area contributed by atoms with E-state index in [1.54, 1.807) is 6.92 Å². The SMILES string of the molecule is Cc1nnsc1C(=O)NCCn1nc(C(F)(F)F)c2c1CCCC2. The summed E-state index contributed by atoms with van der Waals surface area (Å²) in [6.45, 7) is 2.08. The fourth-order valence-corrected chi connectivity index (χ4v) is 3.45. The minimum Gasteiger partial charge on any atom is -0.349 e. The van der Waals surface area contributed by atoms with Crippen LogP contribution in [0.2, 0.25) is 0 Å². The summed E-state index contributed by atoms with van der Waals surface area (Å²) >= 11 is 0.990. The maximum absolute atomic E-state index is 13.1. The van der Waals surface area contributed by atoms with E-state index in [0.29, 0.717) is 34.7 Å². The number of rotatable bonds is 4. The van der Waals surface area contributed by atoms with E-state index >= 15 is 0 Å². The van der Waals surface area contributed by atoms with Gasteiger partial charge in [-0.3, -0.25) is 9.48 Å². The molecule has 130 valence electrons. The normalized spacial score (nSPS) is 14.5. The summed E-state index contributed by atoms with van der Waals surface area (Å²) in [5, 5.41) is 10.2. The van der Waals surface area contributed by atoms with Crippen molar-refractivity contribution in [2.45, 2.75) is 45.3 Å². The van der Waals surface area contributed by atoms with E-state index < -0.39 is 11.9 Å². The van der Waals surface area contributed by atoms with Crippen molar-refractivity contribution in [1.29, 1.82) is 0 Å². The fraction of sp³-hybridized carbons (Fsp3) is 0.571. The number of carbonyl (C=O) groups is 1. The lowest BCUT2D eigenvalue weighted by atomic mass is 9.95. The lowest BCUT2D eigenvalue weighted by Gasteiger charge is -2.14. The van der Waals surface area contributed by atoms with Gasteiger partial charge in [0.25, 0.3) is 5.91 Å². The molecular weight excluding hydrogens is 343 g/mol. The minimum absolute atomic E-state index is 0.196. The van der Waals surface area contributed by atoms with Crippen LogP contribution >= 0.6 is 11.5 Å². The highest BCUT2D eigenvalue weighted by Gasteiger charge is 2.39. The van der Waals surface area contributed by atoms with Crippen molar-refractivity contribution in [3.8, 4) is 0 Å². The molecule has 2 aromatic rings. The van der Waals surface area contributed by atoms with Crippen molar-refractivity contribution >= 4 is 17.4 Å². The maximum atomic E-state index is 13.1. The Bertz CT molecular complexity index is 752. The Hall–Kier alpha value is -1.97. The van der Waals surface area contributed by atoms with Crippen LogP contribution in [0, 0.1) is 6.92 Å². The zero-order chi connectivity index (χ0) is 17.3. The van der Waals surface area contributed by atoms with Crippen LogP contribution in [0.15, 0.2) is 0 Å². The Morgan fingerprint density at radius 2 is 2.08 bits per heavy atom. The molecule has 0 fully saturated rings. The largest absolute Gasteiger partial charge is 0.435 e. The summed E-state index contributed by atoms with van der Waals surface area (Å²) < 4.78 is 44.4. The van der Waals surface area contributed by atoms with Gasteiger partial charge >= 0.3 is 6.18 Å². The van der Waals surface area contributed by atoms with Crippen molar-refractivity contribution in [3.63, 3.8) is 0 Å². The monoisotopic (exact) mass is 359 g/mol. The number of aromatic nitrogens is 4. The number of hydrogen-bond donors (Lipinski definition) is 1. The van der Waals surface area contributed by atoms with Crippen molar-refractivity contribution in [3.05, 3.63) is 27.5 Å². The lowest BCUT2D eigenvalue weighted by molar-refractivity contribution is -0.142. The van der Waals surface area contributed by atoms with E-state index in [1.807, 2.05) is 0 Å². The van der Waals surface area contributed by atoms with Crippen molar-refractivity contribution < 1.29 is 18.0 Å². The average molecular weight is 359 g/mol. The first kappa shape index (κ1) is 16.9. The predicted molar refractivity (Wildman–Crippen MR) is 80.9 cm³/mol. The molecule has 1 aliphatic rings. The first-order chi connectivity index (χ1) is 11.4. The van der Waals surface area contributed by atoms with Crippen LogP contribution in [-0.4, -0.2) is 31.8 Å². The highest BCUT2D eigenvalue weighted by atomic mass is 32.1. The lowest BCUT2D eigenvalue weighted by Crippen LogP contribution is -2.28. The van der Waals surface area contributed by atoms with Crippen LogP contribution in [0.25, 0.3) is 0 Å². The molecule has 3 rings (SSSR count). The van der Waals surface area contributed by atoms with Crippen LogP contribution in [-0.2, 0) is 25.6 Å². The van der Waals surface area contributed by atoms with Gasteiger partial charge in [0.2, 0.25) is 0 Å². The quantitative estimate of drug-likeness (QED) is 0.910. The molecule has 0 saturated carbocycles. The first-order valence-corrected chi connectivity index (χ1v) is 8.38. The zero-order valence-corrected chi connectivity index (χ0v) is 13.8. The second-order valence-electron chi connectivity index (χ2n) is 5.65. The molecule has 6 nitrogen and oxygen atoms in total. The van der Waals surface area contributed by atoms with E-state index in [0.717, 1.165) is 24.4 Å². The molecule has 1 N–H and O–H groups in total. The third kappa shape index (κ3) is 3.28. The van der Waals surface area contributed by atoms with E-state index in [1.165, 1.54) is 4.68 Å².